The molecule has 0 aliphatic heterocycles. The van der Waals surface area contributed by atoms with E-state index in [-0.39, 0.29) is 0 Å². The number of halogens is 1. The quantitative estimate of drug-likeness (QED) is 0.472. The van der Waals surface area contributed by atoms with Crippen LogP contribution in [0.3, 0.4) is 0 Å². The van der Waals surface area contributed by atoms with Gasteiger partial charge in [-0.2, -0.15) is 0 Å². The molecule has 0 spiro atoms. The van der Waals surface area contributed by atoms with Crippen LogP contribution in [0, 0.1) is 0 Å². The van der Waals surface area contributed by atoms with Gasteiger partial charge in [0.25, 0.3) is 0 Å². The van der Waals surface area contributed by atoms with E-state index in [1.807, 2.05) is 66.7 Å². The van der Waals surface area contributed by atoms with Gasteiger partial charge in [-0.15, -0.1) is 0 Å². The van der Waals surface area contributed by atoms with Gasteiger partial charge in [-0.05, 0) is 54.6 Å². The zero-order valence-corrected chi connectivity index (χ0v) is 16.2. The van der Waals surface area contributed by atoms with Crippen LogP contribution in [0.1, 0.15) is 0 Å². The van der Waals surface area contributed by atoms with E-state index in [9.17, 15) is 0 Å². The summed E-state index contributed by atoms with van der Waals surface area (Å²) in [5.41, 5.74) is 2.57. The van der Waals surface area contributed by atoms with E-state index >= 15 is 0 Å². The van der Waals surface area contributed by atoms with Gasteiger partial charge in [-0.1, -0.05) is 23.7 Å². The molecule has 5 nitrogen and oxygen atoms in total. The standard InChI is InChI=1S/C22H18ClN3O2/c1-27-16-10-7-14(8-11-16)21-25-19-6-4-3-5-17(19)22(26-21)24-15-9-12-20(28-2)18(23)13-15/h3-13H,1-2H3,(H,24,25,26). The molecule has 0 saturated heterocycles. The molecule has 140 valence electrons. The Balaban J connectivity index is 1.79. The average Bonchev–Trinajstić information content (AvgIpc) is 2.74. The Bertz CT molecular complexity index is 1130. The van der Waals surface area contributed by atoms with Gasteiger partial charge in [-0.3, -0.25) is 0 Å². The van der Waals surface area contributed by atoms with E-state index in [2.05, 4.69) is 5.32 Å². The Kier molecular flexibility index (Phi) is 5.00. The smallest absolute Gasteiger partial charge is 0.162 e. The summed E-state index contributed by atoms with van der Waals surface area (Å²) in [6.45, 7) is 0. The van der Waals surface area contributed by atoms with Gasteiger partial charge in [0.2, 0.25) is 0 Å². The Morgan fingerprint density at radius 2 is 1.64 bits per heavy atom. The molecule has 4 aromatic rings. The summed E-state index contributed by atoms with van der Waals surface area (Å²) in [6.07, 6.45) is 0. The molecule has 0 fully saturated rings. The van der Waals surface area contributed by atoms with Crippen LogP contribution in [-0.4, -0.2) is 24.2 Å². The van der Waals surface area contributed by atoms with E-state index in [4.69, 9.17) is 31.0 Å². The lowest BCUT2D eigenvalue weighted by molar-refractivity contribution is 0.415. The minimum Gasteiger partial charge on any atom is -0.497 e. The van der Waals surface area contributed by atoms with Gasteiger partial charge in [0.15, 0.2) is 5.82 Å². The third kappa shape index (κ3) is 3.57. The number of para-hydroxylation sites is 1. The first kappa shape index (κ1) is 18.1. The minimum atomic E-state index is 0.529. The van der Waals surface area contributed by atoms with Crippen molar-refractivity contribution in [2.45, 2.75) is 0 Å². The summed E-state index contributed by atoms with van der Waals surface area (Å²) < 4.78 is 10.5. The number of hydrogen-bond donors (Lipinski definition) is 1. The van der Waals surface area contributed by atoms with Crippen LogP contribution in [-0.2, 0) is 0 Å². The van der Waals surface area contributed by atoms with Crippen molar-refractivity contribution in [2.24, 2.45) is 0 Å². The highest BCUT2D eigenvalue weighted by molar-refractivity contribution is 6.32. The molecule has 28 heavy (non-hydrogen) atoms. The molecule has 6 heteroatoms. The maximum atomic E-state index is 6.26. The fourth-order valence-electron chi connectivity index (χ4n) is 2.92. The molecule has 0 bridgehead atoms. The summed E-state index contributed by atoms with van der Waals surface area (Å²) in [4.78, 5) is 9.47. The predicted octanol–water partition coefficient (Wildman–Crippen LogP) is 5.71. The zero-order valence-electron chi connectivity index (χ0n) is 15.4. The van der Waals surface area contributed by atoms with Crippen molar-refractivity contribution < 1.29 is 9.47 Å². The predicted molar refractivity (Wildman–Crippen MR) is 113 cm³/mol. The highest BCUT2D eigenvalue weighted by Gasteiger charge is 2.11. The van der Waals surface area contributed by atoms with Crippen LogP contribution < -0.4 is 14.8 Å². The largest absolute Gasteiger partial charge is 0.497 e. The van der Waals surface area contributed by atoms with Crippen LogP contribution in [0.25, 0.3) is 22.3 Å². The molecule has 0 aliphatic rings. The van der Waals surface area contributed by atoms with Crippen LogP contribution in [0.5, 0.6) is 11.5 Å². The van der Waals surface area contributed by atoms with Gasteiger partial charge in [0.05, 0.1) is 24.8 Å². The fourth-order valence-corrected chi connectivity index (χ4v) is 3.18. The molecular formula is C22H18ClN3O2. The molecule has 1 heterocycles. The molecule has 4 rings (SSSR count). The third-order valence-corrected chi connectivity index (χ3v) is 4.66. The molecular weight excluding hydrogens is 374 g/mol. The Labute approximate surface area is 167 Å². The normalized spacial score (nSPS) is 10.7. The zero-order chi connectivity index (χ0) is 19.5. The summed E-state index contributed by atoms with van der Waals surface area (Å²) in [5, 5.41) is 4.81. The number of fused-ring (bicyclic) bond motifs is 1. The minimum absolute atomic E-state index is 0.529. The van der Waals surface area contributed by atoms with E-state index in [1.54, 1.807) is 14.2 Å². The number of rotatable bonds is 5. The lowest BCUT2D eigenvalue weighted by atomic mass is 10.1. The number of aromatic nitrogens is 2. The van der Waals surface area contributed by atoms with Crippen molar-refractivity contribution in [3.63, 3.8) is 0 Å². The second kappa shape index (κ2) is 7.74. The van der Waals surface area contributed by atoms with Gasteiger partial charge in [0, 0.05) is 16.6 Å². The molecule has 3 aromatic carbocycles. The maximum Gasteiger partial charge on any atom is 0.162 e. The van der Waals surface area contributed by atoms with Crippen LogP contribution in [0.15, 0.2) is 66.7 Å². The van der Waals surface area contributed by atoms with Gasteiger partial charge in [-0.25, -0.2) is 9.97 Å². The number of methoxy groups -OCH3 is 2. The second-order valence-electron chi connectivity index (χ2n) is 6.12. The lowest BCUT2D eigenvalue weighted by Gasteiger charge is -2.12. The number of benzene rings is 3. The van der Waals surface area contributed by atoms with Crippen molar-refractivity contribution in [2.75, 3.05) is 19.5 Å². The number of nitrogens with zero attached hydrogens (tertiary/aromatic N) is 2. The van der Waals surface area contributed by atoms with Crippen molar-refractivity contribution >= 4 is 34.0 Å². The summed E-state index contributed by atoms with van der Waals surface area (Å²) in [6, 6.07) is 21.1. The first-order valence-corrected chi connectivity index (χ1v) is 9.07. The Morgan fingerprint density at radius 1 is 0.857 bits per heavy atom. The first-order valence-electron chi connectivity index (χ1n) is 8.69. The maximum absolute atomic E-state index is 6.26. The fraction of sp³-hybridized carbons (Fsp3) is 0.0909. The molecule has 0 amide bonds. The van der Waals surface area contributed by atoms with Gasteiger partial charge >= 0.3 is 0 Å². The molecule has 1 N–H and O–H groups in total. The Morgan fingerprint density at radius 3 is 2.36 bits per heavy atom. The summed E-state index contributed by atoms with van der Waals surface area (Å²) in [7, 11) is 3.23. The van der Waals surface area contributed by atoms with Crippen molar-refractivity contribution in [3.8, 4) is 22.9 Å². The topological polar surface area (TPSA) is 56.3 Å². The number of ether oxygens (including phenoxy) is 2. The summed E-state index contributed by atoms with van der Waals surface area (Å²) >= 11 is 6.26. The van der Waals surface area contributed by atoms with Crippen molar-refractivity contribution in [3.05, 3.63) is 71.8 Å². The molecule has 0 aliphatic carbocycles. The van der Waals surface area contributed by atoms with E-state index in [0.717, 1.165) is 27.9 Å². The number of anilines is 2. The number of nitrogens with one attached hydrogen (secondary N) is 1. The molecule has 0 radical (unpaired) electrons. The first-order chi connectivity index (χ1) is 13.7. The molecule has 0 saturated carbocycles. The van der Waals surface area contributed by atoms with Gasteiger partial charge < -0.3 is 14.8 Å². The van der Waals surface area contributed by atoms with Crippen LogP contribution in [0.4, 0.5) is 11.5 Å². The lowest BCUT2D eigenvalue weighted by Crippen LogP contribution is -1.99. The average molecular weight is 392 g/mol. The number of hydrogen-bond acceptors (Lipinski definition) is 5. The van der Waals surface area contributed by atoms with E-state index in [1.165, 1.54) is 0 Å². The highest BCUT2D eigenvalue weighted by Crippen LogP contribution is 2.31. The van der Waals surface area contributed by atoms with E-state index in [0.29, 0.717) is 22.4 Å². The third-order valence-electron chi connectivity index (χ3n) is 4.37. The highest BCUT2D eigenvalue weighted by atomic mass is 35.5. The monoisotopic (exact) mass is 391 g/mol. The molecule has 0 atom stereocenters. The second-order valence-corrected chi connectivity index (χ2v) is 6.52. The van der Waals surface area contributed by atoms with Crippen LogP contribution >= 0.6 is 11.6 Å². The van der Waals surface area contributed by atoms with Gasteiger partial charge in [0.1, 0.15) is 17.3 Å². The summed E-state index contributed by atoms with van der Waals surface area (Å²) in [5.74, 6) is 2.75. The SMILES string of the molecule is COc1ccc(-c2nc(Nc3ccc(OC)c(Cl)c3)c3ccccc3n2)cc1. The van der Waals surface area contributed by atoms with Crippen LogP contribution in [0.2, 0.25) is 5.02 Å². The molecule has 0 unspecified atom stereocenters. The van der Waals surface area contributed by atoms with Crippen molar-refractivity contribution in [1.82, 2.24) is 9.97 Å². The molecule has 1 aromatic heterocycles. The van der Waals surface area contributed by atoms with Crippen molar-refractivity contribution in [1.29, 1.82) is 0 Å². The van der Waals surface area contributed by atoms with E-state index < -0.39 is 0 Å². The Hall–Kier alpha value is -3.31.